The summed E-state index contributed by atoms with van der Waals surface area (Å²) in [6, 6.07) is 4.16. The maximum atomic E-state index is 4.40. The lowest BCUT2D eigenvalue weighted by Crippen LogP contribution is -2.30. The van der Waals surface area contributed by atoms with Crippen LogP contribution in [0.5, 0.6) is 0 Å². The number of anilines is 1. The van der Waals surface area contributed by atoms with Crippen LogP contribution in [0.3, 0.4) is 0 Å². The van der Waals surface area contributed by atoms with E-state index in [0.717, 1.165) is 11.5 Å². The molecule has 0 aromatic carbocycles. The molecule has 0 amide bonds. The largest absolute Gasteiger partial charge is 0.333 e. The zero-order valence-electron chi connectivity index (χ0n) is 8.99. The van der Waals surface area contributed by atoms with Crippen molar-refractivity contribution in [1.29, 1.82) is 0 Å². The molecular formula is C12H16N2. The first-order chi connectivity index (χ1) is 6.63. The number of hydrogen-bond acceptors (Lipinski definition) is 2. The molecule has 0 fully saturated rings. The zero-order chi connectivity index (χ0) is 10.3. The maximum Gasteiger partial charge on any atom is 0.135 e. The smallest absolute Gasteiger partial charge is 0.135 e. The summed E-state index contributed by atoms with van der Waals surface area (Å²) in [7, 11) is 2.04. The van der Waals surface area contributed by atoms with E-state index < -0.39 is 0 Å². The normalized spacial score (nSPS) is 26.2. The molecule has 1 aromatic rings. The Labute approximate surface area is 85.3 Å². The number of rotatable bonds is 0. The first-order valence-corrected chi connectivity index (χ1v) is 5.00. The molecule has 0 N–H and O–H groups in total. The summed E-state index contributed by atoms with van der Waals surface area (Å²) in [6.07, 6.45) is 1.84. The molecule has 0 radical (unpaired) electrons. The number of allylic oxidation sites excluding steroid dienone is 1. The second kappa shape index (κ2) is 3.12. The van der Waals surface area contributed by atoms with Crippen LogP contribution >= 0.6 is 0 Å². The average molecular weight is 188 g/mol. The van der Waals surface area contributed by atoms with Gasteiger partial charge in [0.2, 0.25) is 0 Å². The van der Waals surface area contributed by atoms with E-state index >= 15 is 0 Å². The first-order valence-electron chi connectivity index (χ1n) is 5.00. The van der Waals surface area contributed by atoms with Gasteiger partial charge in [-0.1, -0.05) is 26.5 Å². The van der Waals surface area contributed by atoms with Gasteiger partial charge in [0.05, 0.1) is 0 Å². The molecule has 0 bridgehead atoms. The van der Waals surface area contributed by atoms with Gasteiger partial charge in [-0.2, -0.15) is 0 Å². The molecule has 1 aliphatic heterocycles. The Kier molecular flexibility index (Phi) is 2.06. The van der Waals surface area contributed by atoms with Crippen LogP contribution in [-0.2, 0) is 0 Å². The van der Waals surface area contributed by atoms with E-state index in [0.29, 0.717) is 11.8 Å². The summed E-state index contributed by atoms with van der Waals surface area (Å²) in [5.41, 5.74) is 2.48. The molecule has 2 nitrogen and oxygen atoms in total. The molecule has 2 heterocycles. The van der Waals surface area contributed by atoms with Crippen molar-refractivity contribution in [2.24, 2.45) is 5.92 Å². The Morgan fingerprint density at radius 2 is 2.07 bits per heavy atom. The minimum Gasteiger partial charge on any atom is -0.333 e. The van der Waals surface area contributed by atoms with E-state index in [-0.39, 0.29) is 0 Å². The van der Waals surface area contributed by atoms with E-state index in [4.69, 9.17) is 0 Å². The Morgan fingerprint density at radius 3 is 2.79 bits per heavy atom. The van der Waals surface area contributed by atoms with Crippen LogP contribution in [0.25, 0.3) is 0 Å². The van der Waals surface area contributed by atoms with Gasteiger partial charge in [0.25, 0.3) is 0 Å². The molecule has 0 saturated carbocycles. The second-order valence-electron chi connectivity index (χ2n) is 4.04. The highest BCUT2D eigenvalue weighted by Crippen LogP contribution is 2.40. The van der Waals surface area contributed by atoms with E-state index in [9.17, 15) is 0 Å². The fourth-order valence-electron chi connectivity index (χ4n) is 2.04. The molecule has 14 heavy (non-hydrogen) atoms. The second-order valence-corrected chi connectivity index (χ2v) is 4.04. The average Bonchev–Trinajstić information content (AvgIpc) is 2.23. The molecule has 2 atom stereocenters. The molecule has 2 rings (SSSR count). The number of nitrogens with zero attached hydrogens (tertiary/aromatic N) is 2. The van der Waals surface area contributed by atoms with Gasteiger partial charge >= 0.3 is 0 Å². The van der Waals surface area contributed by atoms with Crippen molar-refractivity contribution < 1.29 is 0 Å². The van der Waals surface area contributed by atoms with E-state index in [1.807, 2.05) is 19.3 Å². The van der Waals surface area contributed by atoms with Gasteiger partial charge in [0.15, 0.2) is 0 Å². The van der Waals surface area contributed by atoms with Crippen LogP contribution in [0.15, 0.2) is 30.6 Å². The third-order valence-electron chi connectivity index (χ3n) is 3.33. The molecule has 2 unspecified atom stereocenters. The van der Waals surface area contributed by atoms with Crippen molar-refractivity contribution in [3.8, 4) is 0 Å². The monoisotopic (exact) mass is 188 g/mol. The Hall–Kier alpha value is -1.31. The fraction of sp³-hybridized carbons (Fsp3) is 0.417. The molecular weight excluding hydrogens is 172 g/mol. The number of pyridine rings is 1. The fourth-order valence-corrected chi connectivity index (χ4v) is 2.04. The van der Waals surface area contributed by atoms with Crippen molar-refractivity contribution in [1.82, 2.24) is 4.98 Å². The minimum absolute atomic E-state index is 0.497. The Bertz CT molecular complexity index is 370. The van der Waals surface area contributed by atoms with Crippen LogP contribution in [0.4, 0.5) is 5.82 Å². The molecule has 1 aliphatic rings. The standard InChI is InChI=1S/C12H16N2/c1-8-9(2)11-6-5-7-13-12(11)14(4)10(8)3/h5-9H,3H2,1-2,4H3. The molecule has 74 valence electrons. The summed E-state index contributed by atoms with van der Waals surface area (Å²) < 4.78 is 0. The van der Waals surface area contributed by atoms with Crippen molar-refractivity contribution in [3.05, 3.63) is 36.2 Å². The Morgan fingerprint density at radius 1 is 1.36 bits per heavy atom. The highest BCUT2D eigenvalue weighted by Gasteiger charge is 2.29. The number of aromatic nitrogens is 1. The van der Waals surface area contributed by atoms with Gasteiger partial charge in [-0.05, 0) is 17.5 Å². The first kappa shape index (κ1) is 9.25. The molecule has 0 saturated heterocycles. The number of fused-ring (bicyclic) bond motifs is 1. The van der Waals surface area contributed by atoms with Crippen molar-refractivity contribution >= 4 is 5.82 Å². The van der Waals surface area contributed by atoms with Crippen LogP contribution in [0, 0.1) is 5.92 Å². The van der Waals surface area contributed by atoms with Gasteiger partial charge < -0.3 is 4.90 Å². The van der Waals surface area contributed by atoms with E-state index in [1.165, 1.54) is 5.56 Å². The lowest BCUT2D eigenvalue weighted by atomic mass is 9.83. The van der Waals surface area contributed by atoms with Crippen molar-refractivity contribution in [2.45, 2.75) is 19.8 Å². The van der Waals surface area contributed by atoms with Gasteiger partial charge in [-0.15, -0.1) is 0 Å². The highest BCUT2D eigenvalue weighted by atomic mass is 15.2. The summed E-state index contributed by atoms with van der Waals surface area (Å²) in [5, 5.41) is 0. The molecule has 2 heteroatoms. The van der Waals surface area contributed by atoms with Crippen LogP contribution in [0.2, 0.25) is 0 Å². The quantitative estimate of drug-likeness (QED) is 0.622. The predicted octanol–water partition coefficient (Wildman–Crippen LogP) is 2.78. The van der Waals surface area contributed by atoms with Gasteiger partial charge in [0.1, 0.15) is 5.82 Å². The SMILES string of the molecule is C=C1C(C)C(C)c2cccnc2N1C. The molecule has 0 spiro atoms. The lowest BCUT2D eigenvalue weighted by Gasteiger charge is -2.37. The predicted molar refractivity (Wildman–Crippen MR) is 59.4 cm³/mol. The molecule has 1 aromatic heterocycles. The summed E-state index contributed by atoms with van der Waals surface area (Å²) in [4.78, 5) is 6.50. The topological polar surface area (TPSA) is 16.1 Å². The zero-order valence-corrected chi connectivity index (χ0v) is 8.99. The van der Waals surface area contributed by atoms with E-state index in [2.05, 4.69) is 36.4 Å². The van der Waals surface area contributed by atoms with Crippen molar-refractivity contribution in [2.75, 3.05) is 11.9 Å². The lowest BCUT2D eigenvalue weighted by molar-refractivity contribution is 0.526. The summed E-state index contributed by atoms with van der Waals surface area (Å²) >= 11 is 0. The highest BCUT2D eigenvalue weighted by molar-refractivity contribution is 5.56. The van der Waals surface area contributed by atoms with Crippen LogP contribution < -0.4 is 4.90 Å². The summed E-state index contributed by atoms with van der Waals surface area (Å²) in [5.74, 6) is 2.07. The minimum atomic E-state index is 0.497. The van der Waals surface area contributed by atoms with Gasteiger partial charge in [0, 0.05) is 24.9 Å². The Balaban J connectivity index is 2.56. The van der Waals surface area contributed by atoms with Crippen molar-refractivity contribution in [3.63, 3.8) is 0 Å². The van der Waals surface area contributed by atoms with Gasteiger partial charge in [-0.25, -0.2) is 4.98 Å². The number of hydrogen-bond donors (Lipinski definition) is 0. The summed E-state index contributed by atoms with van der Waals surface area (Å²) in [6.45, 7) is 8.57. The molecule has 0 aliphatic carbocycles. The van der Waals surface area contributed by atoms with Crippen LogP contribution in [0.1, 0.15) is 25.3 Å². The third kappa shape index (κ3) is 1.14. The van der Waals surface area contributed by atoms with E-state index in [1.54, 1.807) is 0 Å². The third-order valence-corrected chi connectivity index (χ3v) is 3.33. The van der Waals surface area contributed by atoms with Gasteiger partial charge in [-0.3, -0.25) is 0 Å². The maximum absolute atomic E-state index is 4.40. The van der Waals surface area contributed by atoms with Crippen LogP contribution in [-0.4, -0.2) is 12.0 Å².